The summed E-state index contributed by atoms with van der Waals surface area (Å²) in [7, 11) is 0. The van der Waals surface area contributed by atoms with E-state index in [0.717, 1.165) is 13.0 Å². The largest absolute Gasteiger partial charge is 0.484 e. The molecule has 0 saturated carbocycles. The van der Waals surface area contributed by atoms with Gasteiger partial charge in [0.1, 0.15) is 5.75 Å². The molecule has 0 bridgehead atoms. The van der Waals surface area contributed by atoms with Gasteiger partial charge in [0.15, 0.2) is 12.4 Å². The third kappa shape index (κ3) is 7.78. The summed E-state index contributed by atoms with van der Waals surface area (Å²) in [5.74, 6) is 0.932. The van der Waals surface area contributed by atoms with Gasteiger partial charge in [-0.1, -0.05) is 13.8 Å². The van der Waals surface area contributed by atoms with Crippen molar-refractivity contribution in [1.29, 1.82) is 0 Å². The second-order valence-corrected chi connectivity index (χ2v) is 5.54. The van der Waals surface area contributed by atoms with E-state index in [1.54, 1.807) is 24.3 Å². The van der Waals surface area contributed by atoms with Crippen LogP contribution in [0.3, 0.4) is 0 Å². The third-order valence-corrected chi connectivity index (χ3v) is 2.87. The zero-order valence-corrected chi connectivity index (χ0v) is 13.6. The Hall–Kier alpha value is -1.88. The first-order chi connectivity index (χ1) is 10.5. The minimum absolute atomic E-state index is 0.00368. The first kappa shape index (κ1) is 18.2. The van der Waals surface area contributed by atoms with Crippen LogP contribution >= 0.6 is 0 Å². The summed E-state index contributed by atoms with van der Waals surface area (Å²) in [6.45, 7) is 7.63. The van der Waals surface area contributed by atoms with E-state index in [2.05, 4.69) is 19.2 Å². The van der Waals surface area contributed by atoms with Crippen LogP contribution in [0.1, 0.15) is 37.6 Å². The predicted molar refractivity (Wildman–Crippen MR) is 85.2 cm³/mol. The lowest BCUT2D eigenvalue weighted by Gasteiger charge is -2.09. The van der Waals surface area contributed by atoms with Crippen LogP contribution in [0.15, 0.2) is 24.3 Å². The van der Waals surface area contributed by atoms with E-state index in [0.29, 0.717) is 30.4 Å². The van der Waals surface area contributed by atoms with Crippen LogP contribution in [0.5, 0.6) is 5.75 Å². The van der Waals surface area contributed by atoms with Gasteiger partial charge in [-0.15, -0.1) is 0 Å². The third-order valence-electron chi connectivity index (χ3n) is 2.87. The SMILES string of the molecule is CC(=O)c1ccc(OCC(=O)NCCCOCC(C)C)cc1. The summed E-state index contributed by atoms with van der Waals surface area (Å²) < 4.78 is 10.8. The molecule has 1 amide bonds. The average Bonchev–Trinajstić information content (AvgIpc) is 2.48. The number of nitrogens with one attached hydrogen (secondary N) is 1. The van der Waals surface area contributed by atoms with Gasteiger partial charge >= 0.3 is 0 Å². The molecular formula is C17H25NO4. The molecule has 0 aliphatic carbocycles. The first-order valence-corrected chi connectivity index (χ1v) is 7.57. The van der Waals surface area contributed by atoms with Crippen LogP contribution < -0.4 is 10.1 Å². The molecule has 1 N–H and O–H groups in total. The molecule has 122 valence electrons. The normalized spacial score (nSPS) is 10.5. The Labute approximate surface area is 132 Å². The number of ketones is 1. The number of ether oxygens (including phenoxy) is 2. The van der Waals surface area contributed by atoms with E-state index in [1.165, 1.54) is 6.92 Å². The first-order valence-electron chi connectivity index (χ1n) is 7.57. The van der Waals surface area contributed by atoms with E-state index >= 15 is 0 Å². The van der Waals surface area contributed by atoms with Crippen molar-refractivity contribution in [3.8, 4) is 5.75 Å². The Morgan fingerprint density at radius 3 is 2.45 bits per heavy atom. The highest BCUT2D eigenvalue weighted by atomic mass is 16.5. The molecule has 5 heteroatoms. The zero-order valence-electron chi connectivity index (χ0n) is 13.6. The van der Waals surface area contributed by atoms with Gasteiger partial charge in [0.25, 0.3) is 5.91 Å². The highest BCUT2D eigenvalue weighted by Crippen LogP contribution is 2.12. The lowest BCUT2D eigenvalue weighted by Crippen LogP contribution is -2.30. The highest BCUT2D eigenvalue weighted by molar-refractivity contribution is 5.94. The maximum atomic E-state index is 11.6. The number of hydrogen-bond donors (Lipinski definition) is 1. The van der Waals surface area contributed by atoms with Crippen molar-refractivity contribution in [3.63, 3.8) is 0 Å². The van der Waals surface area contributed by atoms with Crippen molar-refractivity contribution in [2.45, 2.75) is 27.2 Å². The van der Waals surface area contributed by atoms with Gasteiger partial charge in [-0.05, 0) is 43.5 Å². The Morgan fingerprint density at radius 1 is 1.18 bits per heavy atom. The average molecular weight is 307 g/mol. The number of Topliss-reactive ketones (excluding diaryl/α,β-unsaturated/α-hetero) is 1. The number of rotatable bonds is 10. The molecule has 0 aliphatic heterocycles. The van der Waals surface area contributed by atoms with Gasteiger partial charge < -0.3 is 14.8 Å². The van der Waals surface area contributed by atoms with Crippen LogP contribution in [0.2, 0.25) is 0 Å². The minimum atomic E-state index is -0.167. The van der Waals surface area contributed by atoms with Gasteiger partial charge in [0.05, 0.1) is 0 Å². The lowest BCUT2D eigenvalue weighted by molar-refractivity contribution is -0.123. The van der Waals surface area contributed by atoms with Crippen molar-refractivity contribution in [2.24, 2.45) is 5.92 Å². The zero-order chi connectivity index (χ0) is 16.4. The molecule has 1 aromatic rings. The summed E-state index contributed by atoms with van der Waals surface area (Å²) >= 11 is 0. The summed E-state index contributed by atoms with van der Waals surface area (Å²) in [5.41, 5.74) is 0.623. The van der Waals surface area contributed by atoms with Crippen LogP contribution in [0, 0.1) is 5.92 Å². The molecule has 0 unspecified atom stereocenters. The van der Waals surface area contributed by atoms with E-state index in [9.17, 15) is 9.59 Å². The molecule has 5 nitrogen and oxygen atoms in total. The van der Waals surface area contributed by atoms with Gasteiger partial charge in [-0.3, -0.25) is 9.59 Å². The molecule has 0 radical (unpaired) electrons. The molecule has 0 heterocycles. The molecular weight excluding hydrogens is 282 g/mol. The van der Waals surface area contributed by atoms with E-state index in [4.69, 9.17) is 9.47 Å². The van der Waals surface area contributed by atoms with Crippen molar-refractivity contribution in [1.82, 2.24) is 5.32 Å². The molecule has 1 rings (SSSR count). The number of amides is 1. The van der Waals surface area contributed by atoms with Gasteiger partial charge in [-0.25, -0.2) is 0 Å². The van der Waals surface area contributed by atoms with Gasteiger partial charge in [0.2, 0.25) is 0 Å². The van der Waals surface area contributed by atoms with E-state index in [1.807, 2.05) is 0 Å². The number of carbonyl (C=O) groups excluding carboxylic acids is 2. The van der Waals surface area contributed by atoms with Crippen molar-refractivity contribution < 1.29 is 19.1 Å². The van der Waals surface area contributed by atoms with Crippen LogP contribution in [-0.4, -0.2) is 38.1 Å². The van der Waals surface area contributed by atoms with E-state index < -0.39 is 0 Å². The number of benzene rings is 1. The second-order valence-electron chi connectivity index (χ2n) is 5.54. The molecule has 1 aromatic carbocycles. The fraction of sp³-hybridized carbons (Fsp3) is 0.529. The van der Waals surface area contributed by atoms with E-state index in [-0.39, 0.29) is 18.3 Å². The molecule has 22 heavy (non-hydrogen) atoms. The molecule has 0 aliphatic rings. The number of hydrogen-bond acceptors (Lipinski definition) is 4. The molecule has 0 saturated heterocycles. The maximum Gasteiger partial charge on any atom is 0.257 e. The second kappa shape index (κ2) is 9.95. The smallest absolute Gasteiger partial charge is 0.257 e. The van der Waals surface area contributed by atoms with Gasteiger partial charge in [-0.2, -0.15) is 0 Å². The Bertz CT molecular complexity index is 468. The molecule has 0 spiro atoms. The maximum absolute atomic E-state index is 11.6. The molecule has 0 atom stereocenters. The topological polar surface area (TPSA) is 64.6 Å². The summed E-state index contributed by atoms with van der Waals surface area (Å²) in [6.07, 6.45) is 0.784. The Morgan fingerprint density at radius 2 is 1.86 bits per heavy atom. The van der Waals surface area contributed by atoms with Gasteiger partial charge in [0, 0.05) is 25.3 Å². The predicted octanol–water partition coefficient (Wildman–Crippen LogP) is 2.45. The number of carbonyl (C=O) groups is 2. The monoisotopic (exact) mass is 307 g/mol. The van der Waals surface area contributed by atoms with Crippen LogP contribution in [0.4, 0.5) is 0 Å². The van der Waals surface area contributed by atoms with Crippen molar-refractivity contribution in [2.75, 3.05) is 26.4 Å². The fourth-order valence-corrected chi connectivity index (χ4v) is 1.71. The summed E-state index contributed by atoms with van der Waals surface area (Å²) in [6, 6.07) is 6.73. The Balaban J connectivity index is 2.14. The summed E-state index contributed by atoms with van der Waals surface area (Å²) in [4.78, 5) is 22.7. The molecule has 0 fully saturated rings. The lowest BCUT2D eigenvalue weighted by atomic mass is 10.1. The summed E-state index contributed by atoms with van der Waals surface area (Å²) in [5, 5.41) is 2.77. The standard InChI is InChI=1S/C17H25NO4/c1-13(2)11-21-10-4-9-18-17(20)12-22-16-7-5-15(6-8-16)14(3)19/h5-8,13H,4,9-12H2,1-3H3,(H,18,20). The fourth-order valence-electron chi connectivity index (χ4n) is 1.71. The Kier molecular flexibility index (Phi) is 8.22. The van der Waals surface area contributed by atoms with Crippen LogP contribution in [0.25, 0.3) is 0 Å². The molecule has 0 aromatic heterocycles. The van der Waals surface area contributed by atoms with Crippen LogP contribution in [-0.2, 0) is 9.53 Å². The van der Waals surface area contributed by atoms with Crippen molar-refractivity contribution >= 4 is 11.7 Å². The highest BCUT2D eigenvalue weighted by Gasteiger charge is 2.03. The van der Waals surface area contributed by atoms with Crippen molar-refractivity contribution in [3.05, 3.63) is 29.8 Å². The minimum Gasteiger partial charge on any atom is -0.484 e. The quantitative estimate of drug-likeness (QED) is 0.533.